The fourth-order valence-electron chi connectivity index (χ4n) is 3.02. The fourth-order valence-corrected chi connectivity index (χ4v) is 3.02. The molecular formula is C19H28N2O3. The fraction of sp³-hybridized carbons (Fsp3) is 0.579. The smallest absolute Gasteiger partial charge is 0.246 e. The molecule has 1 aliphatic rings. The monoisotopic (exact) mass is 332 g/mol. The van der Waals surface area contributed by atoms with Crippen molar-refractivity contribution in [1.29, 1.82) is 0 Å². The quantitative estimate of drug-likeness (QED) is 0.834. The highest BCUT2D eigenvalue weighted by Crippen LogP contribution is 2.36. The van der Waals surface area contributed by atoms with Crippen molar-refractivity contribution in [2.24, 2.45) is 5.92 Å². The Kier molecular flexibility index (Phi) is 5.86. The molecule has 0 aliphatic carbocycles. The number of ether oxygens (including phenoxy) is 1. The number of amides is 2. The molecule has 1 saturated heterocycles. The van der Waals surface area contributed by atoms with Gasteiger partial charge in [0.05, 0.1) is 6.61 Å². The predicted octanol–water partition coefficient (Wildman–Crippen LogP) is 3.13. The number of hydrogen-bond donors (Lipinski definition) is 1. The highest BCUT2D eigenvalue weighted by Gasteiger charge is 2.47. The molecule has 0 bridgehead atoms. The van der Waals surface area contributed by atoms with Gasteiger partial charge >= 0.3 is 0 Å². The lowest BCUT2D eigenvalue weighted by molar-refractivity contribution is -0.127. The summed E-state index contributed by atoms with van der Waals surface area (Å²) >= 11 is 0. The van der Waals surface area contributed by atoms with Crippen molar-refractivity contribution in [3.05, 3.63) is 24.3 Å². The van der Waals surface area contributed by atoms with Gasteiger partial charge in [-0.25, -0.2) is 0 Å². The molecule has 1 heterocycles. The molecule has 1 aromatic carbocycles. The molecule has 0 radical (unpaired) electrons. The van der Waals surface area contributed by atoms with Crippen LogP contribution in [0.15, 0.2) is 24.3 Å². The van der Waals surface area contributed by atoms with Gasteiger partial charge in [0.25, 0.3) is 0 Å². The number of carbonyl (C=O) groups excluding carboxylic acids is 2. The largest absolute Gasteiger partial charge is 0.494 e. The highest BCUT2D eigenvalue weighted by atomic mass is 16.5. The molecule has 1 fully saturated rings. The Balaban J connectivity index is 2.16. The molecule has 5 nitrogen and oxygen atoms in total. The maximum atomic E-state index is 12.7. The van der Waals surface area contributed by atoms with Crippen LogP contribution in [0.5, 0.6) is 5.75 Å². The predicted molar refractivity (Wildman–Crippen MR) is 95.2 cm³/mol. The van der Waals surface area contributed by atoms with Gasteiger partial charge in [0.2, 0.25) is 11.8 Å². The van der Waals surface area contributed by atoms with E-state index in [-0.39, 0.29) is 11.8 Å². The van der Waals surface area contributed by atoms with Crippen molar-refractivity contribution < 1.29 is 14.3 Å². The number of carbonyl (C=O) groups is 2. The molecule has 0 aromatic heterocycles. The van der Waals surface area contributed by atoms with E-state index in [0.29, 0.717) is 31.9 Å². The van der Waals surface area contributed by atoms with Crippen LogP contribution >= 0.6 is 0 Å². The summed E-state index contributed by atoms with van der Waals surface area (Å²) in [6.45, 7) is 9.25. The van der Waals surface area contributed by atoms with Crippen LogP contribution in [0.1, 0.15) is 47.0 Å². The first-order chi connectivity index (χ1) is 11.4. The van der Waals surface area contributed by atoms with E-state index in [4.69, 9.17) is 4.74 Å². The van der Waals surface area contributed by atoms with Crippen LogP contribution in [-0.4, -0.2) is 30.5 Å². The SMILES string of the molecule is CCOc1ccc(N2C(=O)CCC2(C)C(=O)NCCC(C)C)cc1. The van der Waals surface area contributed by atoms with E-state index in [1.54, 1.807) is 4.90 Å². The molecule has 2 rings (SSSR count). The Morgan fingerprint density at radius 2 is 2.00 bits per heavy atom. The van der Waals surface area contributed by atoms with Crippen molar-refractivity contribution in [3.63, 3.8) is 0 Å². The third-order valence-electron chi connectivity index (χ3n) is 4.47. The van der Waals surface area contributed by atoms with Crippen molar-refractivity contribution in [3.8, 4) is 5.75 Å². The number of benzene rings is 1. The topological polar surface area (TPSA) is 58.6 Å². The van der Waals surface area contributed by atoms with Crippen molar-refractivity contribution in [1.82, 2.24) is 5.32 Å². The minimum atomic E-state index is -0.832. The highest BCUT2D eigenvalue weighted by molar-refractivity contribution is 6.06. The molecule has 5 heteroatoms. The van der Waals surface area contributed by atoms with Crippen LogP contribution in [0.3, 0.4) is 0 Å². The van der Waals surface area contributed by atoms with E-state index < -0.39 is 5.54 Å². The number of hydrogen-bond acceptors (Lipinski definition) is 3. The second kappa shape index (κ2) is 7.69. The van der Waals surface area contributed by atoms with Crippen molar-refractivity contribution in [2.45, 2.75) is 52.5 Å². The molecule has 1 atom stereocenters. The lowest BCUT2D eigenvalue weighted by Gasteiger charge is -2.34. The van der Waals surface area contributed by atoms with Gasteiger partial charge in [-0.1, -0.05) is 13.8 Å². The van der Waals surface area contributed by atoms with E-state index in [9.17, 15) is 9.59 Å². The van der Waals surface area contributed by atoms with Crippen LogP contribution in [0, 0.1) is 5.92 Å². The van der Waals surface area contributed by atoms with Crippen LogP contribution in [0.2, 0.25) is 0 Å². The van der Waals surface area contributed by atoms with Gasteiger partial charge in [-0.3, -0.25) is 14.5 Å². The van der Waals surface area contributed by atoms with E-state index >= 15 is 0 Å². The van der Waals surface area contributed by atoms with Crippen molar-refractivity contribution >= 4 is 17.5 Å². The van der Waals surface area contributed by atoms with E-state index in [1.807, 2.05) is 38.1 Å². The van der Waals surface area contributed by atoms with Crippen LogP contribution in [0.25, 0.3) is 0 Å². The molecular weight excluding hydrogens is 304 g/mol. The zero-order valence-corrected chi connectivity index (χ0v) is 15.1. The van der Waals surface area contributed by atoms with Crippen LogP contribution in [-0.2, 0) is 9.59 Å². The number of anilines is 1. The summed E-state index contributed by atoms with van der Waals surface area (Å²) in [4.78, 5) is 26.8. The summed E-state index contributed by atoms with van der Waals surface area (Å²) in [5, 5.41) is 2.99. The molecule has 1 aliphatic heterocycles. The summed E-state index contributed by atoms with van der Waals surface area (Å²) in [5.41, 5.74) is -0.0938. The molecule has 1 N–H and O–H groups in total. The second-order valence-electron chi connectivity index (χ2n) is 6.87. The van der Waals surface area contributed by atoms with Gasteiger partial charge in [0.15, 0.2) is 0 Å². The third kappa shape index (κ3) is 3.89. The lowest BCUT2D eigenvalue weighted by Crippen LogP contribution is -2.55. The van der Waals surface area contributed by atoms with Crippen LogP contribution in [0.4, 0.5) is 5.69 Å². The van der Waals surface area contributed by atoms with Gasteiger partial charge < -0.3 is 10.1 Å². The molecule has 2 amide bonds. The second-order valence-corrected chi connectivity index (χ2v) is 6.87. The third-order valence-corrected chi connectivity index (χ3v) is 4.47. The number of nitrogens with zero attached hydrogens (tertiary/aromatic N) is 1. The Labute approximate surface area is 144 Å². The van der Waals surface area contributed by atoms with Gasteiger partial charge in [0, 0.05) is 18.7 Å². The molecule has 1 aromatic rings. The van der Waals surface area contributed by atoms with Gasteiger partial charge in [-0.2, -0.15) is 0 Å². The average molecular weight is 332 g/mol. The minimum absolute atomic E-state index is 0.0133. The summed E-state index contributed by atoms with van der Waals surface area (Å²) in [7, 11) is 0. The first-order valence-corrected chi connectivity index (χ1v) is 8.72. The van der Waals surface area contributed by atoms with Gasteiger partial charge in [0.1, 0.15) is 11.3 Å². The maximum Gasteiger partial charge on any atom is 0.246 e. The Bertz CT molecular complexity index is 583. The minimum Gasteiger partial charge on any atom is -0.494 e. The van der Waals surface area contributed by atoms with Gasteiger partial charge in [-0.05, 0) is 56.9 Å². The maximum absolute atomic E-state index is 12.7. The first-order valence-electron chi connectivity index (χ1n) is 8.72. The molecule has 132 valence electrons. The molecule has 0 saturated carbocycles. The number of rotatable bonds is 7. The van der Waals surface area contributed by atoms with Gasteiger partial charge in [-0.15, -0.1) is 0 Å². The van der Waals surface area contributed by atoms with E-state index in [1.165, 1.54) is 0 Å². The Hall–Kier alpha value is -2.04. The lowest BCUT2D eigenvalue weighted by atomic mass is 9.96. The Morgan fingerprint density at radius 1 is 1.33 bits per heavy atom. The first kappa shape index (κ1) is 18.3. The van der Waals surface area contributed by atoms with E-state index in [2.05, 4.69) is 19.2 Å². The zero-order chi connectivity index (χ0) is 17.7. The molecule has 1 unspecified atom stereocenters. The van der Waals surface area contributed by atoms with Crippen LogP contribution < -0.4 is 15.0 Å². The van der Waals surface area contributed by atoms with E-state index in [0.717, 1.165) is 17.9 Å². The zero-order valence-electron chi connectivity index (χ0n) is 15.1. The Morgan fingerprint density at radius 3 is 2.58 bits per heavy atom. The normalized spacial score (nSPS) is 20.5. The summed E-state index contributed by atoms with van der Waals surface area (Å²) in [6, 6.07) is 7.35. The number of nitrogens with one attached hydrogen (secondary N) is 1. The summed E-state index contributed by atoms with van der Waals surface area (Å²) in [5.74, 6) is 1.20. The summed E-state index contributed by atoms with van der Waals surface area (Å²) < 4.78 is 5.44. The average Bonchev–Trinajstić information content (AvgIpc) is 2.85. The van der Waals surface area contributed by atoms with Crippen molar-refractivity contribution in [2.75, 3.05) is 18.1 Å². The summed E-state index contributed by atoms with van der Waals surface area (Å²) in [6.07, 6.45) is 1.85. The standard InChI is InChI=1S/C19H28N2O3/c1-5-24-16-8-6-15(7-9-16)21-17(22)10-12-19(21,4)18(23)20-13-11-14(2)3/h6-9,14H,5,10-13H2,1-4H3,(H,20,23). The molecule has 24 heavy (non-hydrogen) atoms. The molecule has 0 spiro atoms.